The third-order valence-electron chi connectivity index (χ3n) is 1.84. The van der Waals surface area contributed by atoms with E-state index in [4.69, 9.17) is 4.74 Å². The van der Waals surface area contributed by atoms with Gasteiger partial charge < -0.3 is 9.47 Å². The Morgan fingerprint density at radius 3 is 2.59 bits per heavy atom. The summed E-state index contributed by atoms with van der Waals surface area (Å²) < 4.78 is 9.80. The first-order valence-electron chi connectivity index (χ1n) is 4.90. The van der Waals surface area contributed by atoms with Gasteiger partial charge in [-0.1, -0.05) is 24.8 Å². The second kappa shape index (κ2) is 7.00. The molecule has 88 valence electrons. The van der Waals surface area contributed by atoms with E-state index in [0.717, 1.165) is 11.6 Å². The Morgan fingerprint density at radius 1 is 1.29 bits per heavy atom. The van der Waals surface area contributed by atoms with Crippen molar-refractivity contribution in [3.8, 4) is 5.75 Å². The van der Waals surface area contributed by atoms with Crippen LogP contribution < -0.4 is 4.74 Å². The standard InChI is InChI=1S/C13H12O4/c1-2-13(15)17-10-16-12-7-5-11(6-8-12)4-3-9-14/h2-9H,1,10H2/b4-3+. The van der Waals surface area contributed by atoms with Crippen LogP contribution in [-0.4, -0.2) is 19.0 Å². The number of aldehydes is 1. The highest BCUT2D eigenvalue weighted by atomic mass is 16.7. The minimum absolute atomic E-state index is 0.158. The molecule has 4 heteroatoms. The molecule has 0 saturated heterocycles. The van der Waals surface area contributed by atoms with E-state index < -0.39 is 5.97 Å². The maximum Gasteiger partial charge on any atom is 0.333 e. The van der Waals surface area contributed by atoms with Gasteiger partial charge in [0.25, 0.3) is 0 Å². The zero-order valence-corrected chi connectivity index (χ0v) is 9.17. The fourth-order valence-corrected chi connectivity index (χ4v) is 1.04. The third-order valence-corrected chi connectivity index (χ3v) is 1.84. The number of rotatable bonds is 6. The lowest BCUT2D eigenvalue weighted by atomic mass is 10.2. The molecule has 1 rings (SSSR count). The molecular formula is C13H12O4. The van der Waals surface area contributed by atoms with Gasteiger partial charge >= 0.3 is 5.97 Å². The third kappa shape index (κ3) is 4.79. The Morgan fingerprint density at radius 2 is 2.00 bits per heavy atom. The van der Waals surface area contributed by atoms with E-state index in [-0.39, 0.29) is 6.79 Å². The van der Waals surface area contributed by atoms with E-state index in [2.05, 4.69) is 11.3 Å². The van der Waals surface area contributed by atoms with Crippen LogP contribution in [0.15, 0.2) is 43.0 Å². The van der Waals surface area contributed by atoms with Crippen molar-refractivity contribution in [2.45, 2.75) is 0 Å². The molecule has 0 bridgehead atoms. The van der Waals surface area contributed by atoms with Crippen molar-refractivity contribution in [2.24, 2.45) is 0 Å². The molecule has 4 nitrogen and oxygen atoms in total. The van der Waals surface area contributed by atoms with Crippen molar-refractivity contribution in [2.75, 3.05) is 6.79 Å². The number of hydrogen-bond acceptors (Lipinski definition) is 4. The quantitative estimate of drug-likeness (QED) is 0.325. The first kappa shape index (κ1) is 12.7. The van der Waals surface area contributed by atoms with Gasteiger partial charge in [-0.3, -0.25) is 4.79 Å². The number of esters is 1. The Hall–Kier alpha value is -2.36. The molecule has 0 spiro atoms. The van der Waals surface area contributed by atoms with Crippen LogP contribution in [0, 0.1) is 0 Å². The molecule has 0 amide bonds. The molecule has 0 radical (unpaired) electrons. The molecule has 0 unspecified atom stereocenters. The van der Waals surface area contributed by atoms with Crippen LogP contribution in [0.4, 0.5) is 0 Å². The summed E-state index contributed by atoms with van der Waals surface area (Å²) in [6.07, 6.45) is 4.85. The number of allylic oxidation sites excluding steroid dienone is 1. The van der Waals surface area contributed by atoms with Crippen LogP contribution in [0.2, 0.25) is 0 Å². The van der Waals surface area contributed by atoms with Gasteiger partial charge in [-0.2, -0.15) is 0 Å². The largest absolute Gasteiger partial charge is 0.457 e. The average Bonchev–Trinajstić information content (AvgIpc) is 2.37. The second-order valence-corrected chi connectivity index (χ2v) is 2.99. The van der Waals surface area contributed by atoms with Gasteiger partial charge in [-0.15, -0.1) is 0 Å². The fourth-order valence-electron chi connectivity index (χ4n) is 1.04. The summed E-state index contributed by atoms with van der Waals surface area (Å²) in [7, 11) is 0. The highest BCUT2D eigenvalue weighted by molar-refractivity contribution is 5.81. The zero-order valence-electron chi connectivity index (χ0n) is 9.17. The number of carbonyl (C=O) groups excluding carboxylic acids is 2. The summed E-state index contributed by atoms with van der Waals surface area (Å²) in [6.45, 7) is 3.10. The first-order valence-corrected chi connectivity index (χ1v) is 4.90. The van der Waals surface area contributed by atoms with E-state index in [1.807, 2.05) is 0 Å². The van der Waals surface area contributed by atoms with Gasteiger partial charge in [0.15, 0.2) is 0 Å². The van der Waals surface area contributed by atoms with Crippen LogP contribution in [0.1, 0.15) is 5.56 Å². The number of hydrogen-bond donors (Lipinski definition) is 0. The Balaban J connectivity index is 2.45. The fraction of sp³-hybridized carbons (Fsp3) is 0.0769. The van der Waals surface area contributed by atoms with Gasteiger partial charge in [0.05, 0.1) is 0 Å². The van der Waals surface area contributed by atoms with Gasteiger partial charge in [0.2, 0.25) is 6.79 Å². The second-order valence-electron chi connectivity index (χ2n) is 2.99. The monoisotopic (exact) mass is 232 g/mol. The van der Waals surface area contributed by atoms with Crippen molar-refractivity contribution in [1.82, 2.24) is 0 Å². The SMILES string of the molecule is C=CC(=O)OCOc1ccc(/C=C/C=O)cc1. The van der Waals surface area contributed by atoms with E-state index >= 15 is 0 Å². The number of benzene rings is 1. The van der Waals surface area contributed by atoms with Crippen molar-refractivity contribution in [1.29, 1.82) is 0 Å². The Kier molecular flexibility index (Phi) is 5.24. The molecule has 0 atom stereocenters. The molecule has 17 heavy (non-hydrogen) atoms. The van der Waals surface area contributed by atoms with Crippen molar-refractivity contribution >= 4 is 18.3 Å². The molecule has 0 N–H and O–H groups in total. The van der Waals surface area contributed by atoms with Crippen LogP contribution in [0.5, 0.6) is 5.75 Å². The van der Waals surface area contributed by atoms with Crippen LogP contribution in [-0.2, 0) is 14.3 Å². The summed E-state index contributed by atoms with van der Waals surface area (Å²) in [5.41, 5.74) is 0.882. The molecule has 0 aliphatic rings. The normalized spacial score (nSPS) is 9.88. The van der Waals surface area contributed by atoms with Crippen molar-refractivity contribution in [3.63, 3.8) is 0 Å². The van der Waals surface area contributed by atoms with E-state index in [1.165, 1.54) is 6.08 Å². The van der Waals surface area contributed by atoms with Crippen molar-refractivity contribution < 1.29 is 19.1 Å². The van der Waals surface area contributed by atoms with Crippen LogP contribution in [0.3, 0.4) is 0 Å². The molecule has 0 saturated carbocycles. The summed E-state index contributed by atoms with van der Waals surface area (Å²) in [6, 6.07) is 6.99. The molecule has 0 aliphatic carbocycles. The van der Waals surface area contributed by atoms with Crippen molar-refractivity contribution in [3.05, 3.63) is 48.6 Å². The van der Waals surface area contributed by atoms with E-state index in [9.17, 15) is 9.59 Å². The summed E-state index contributed by atoms with van der Waals surface area (Å²) in [5.74, 6) is 0.0423. The van der Waals surface area contributed by atoms with Crippen LogP contribution >= 0.6 is 0 Å². The smallest absolute Gasteiger partial charge is 0.333 e. The van der Waals surface area contributed by atoms with E-state index in [0.29, 0.717) is 12.0 Å². The lowest BCUT2D eigenvalue weighted by Crippen LogP contribution is -2.07. The predicted molar refractivity (Wildman–Crippen MR) is 63.3 cm³/mol. The molecule has 1 aromatic carbocycles. The molecule has 0 fully saturated rings. The van der Waals surface area contributed by atoms with Gasteiger partial charge in [0, 0.05) is 6.08 Å². The number of ether oxygens (including phenoxy) is 2. The van der Waals surface area contributed by atoms with Gasteiger partial charge in [-0.05, 0) is 23.8 Å². The average molecular weight is 232 g/mol. The minimum Gasteiger partial charge on any atom is -0.457 e. The molecule has 1 aromatic rings. The molecular weight excluding hydrogens is 220 g/mol. The lowest BCUT2D eigenvalue weighted by Gasteiger charge is -2.05. The lowest BCUT2D eigenvalue weighted by molar-refractivity contribution is -0.144. The summed E-state index contributed by atoms with van der Waals surface area (Å²) in [4.78, 5) is 20.8. The number of carbonyl (C=O) groups is 2. The molecule has 0 aliphatic heterocycles. The zero-order chi connectivity index (χ0) is 12.5. The molecule has 0 heterocycles. The highest BCUT2D eigenvalue weighted by Crippen LogP contribution is 2.12. The Bertz CT molecular complexity index is 418. The van der Waals surface area contributed by atoms with Crippen LogP contribution in [0.25, 0.3) is 6.08 Å². The first-order chi connectivity index (χ1) is 8.26. The van der Waals surface area contributed by atoms with Gasteiger partial charge in [0.1, 0.15) is 12.0 Å². The summed E-state index contributed by atoms with van der Waals surface area (Å²) in [5, 5.41) is 0. The minimum atomic E-state index is -0.532. The highest BCUT2D eigenvalue weighted by Gasteiger charge is 1.96. The topological polar surface area (TPSA) is 52.6 Å². The Labute approximate surface area is 99.2 Å². The van der Waals surface area contributed by atoms with E-state index in [1.54, 1.807) is 30.3 Å². The molecule has 0 aromatic heterocycles. The maximum absolute atomic E-state index is 10.7. The maximum atomic E-state index is 10.7. The van der Waals surface area contributed by atoms with Gasteiger partial charge in [-0.25, -0.2) is 4.79 Å². The predicted octanol–water partition coefficient (Wildman–Crippen LogP) is 1.96. The summed E-state index contributed by atoms with van der Waals surface area (Å²) >= 11 is 0.